The van der Waals surface area contributed by atoms with Gasteiger partial charge in [-0.2, -0.15) is 0 Å². The molecule has 1 saturated heterocycles. The second-order valence-corrected chi connectivity index (χ2v) is 9.62. The number of nitrogens with one attached hydrogen (secondary N) is 1. The number of anilines is 1. The van der Waals surface area contributed by atoms with Crippen LogP contribution in [0.25, 0.3) is 17.2 Å². The molecular weight excluding hydrogens is 446 g/mol. The lowest BCUT2D eigenvalue weighted by Gasteiger charge is -2.17. The fourth-order valence-electron chi connectivity index (χ4n) is 3.68. The Labute approximate surface area is 202 Å². The van der Waals surface area contributed by atoms with Crippen LogP contribution in [0.3, 0.4) is 0 Å². The number of rotatable bonds is 6. The molecule has 0 saturated carbocycles. The summed E-state index contributed by atoms with van der Waals surface area (Å²) in [5, 5.41) is 7.23. The number of hydrogen-bond acceptors (Lipinski definition) is 5. The van der Waals surface area contributed by atoms with E-state index in [1.165, 1.54) is 5.56 Å². The summed E-state index contributed by atoms with van der Waals surface area (Å²) in [6.07, 6.45) is 2.01. The molecule has 1 aliphatic heterocycles. The highest BCUT2D eigenvalue weighted by molar-refractivity contribution is 8.03. The van der Waals surface area contributed by atoms with Crippen molar-refractivity contribution in [3.8, 4) is 11.1 Å². The predicted molar refractivity (Wildman–Crippen MR) is 139 cm³/mol. The highest BCUT2D eigenvalue weighted by atomic mass is 32.2. The first-order valence-electron chi connectivity index (χ1n) is 10.8. The third-order valence-corrected chi connectivity index (χ3v) is 7.23. The maximum absolute atomic E-state index is 13.2. The van der Waals surface area contributed by atoms with E-state index in [0.717, 1.165) is 39.3 Å². The average Bonchev–Trinajstić information content (AvgIpc) is 3.53. The second-order valence-electron chi connectivity index (χ2n) is 7.65. The third kappa shape index (κ3) is 5.18. The molecule has 1 aliphatic rings. The van der Waals surface area contributed by atoms with Crippen molar-refractivity contribution in [3.63, 3.8) is 0 Å². The molecule has 1 aromatic heterocycles. The zero-order chi connectivity index (χ0) is 22.5. The van der Waals surface area contributed by atoms with Gasteiger partial charge in [-0.05, 0) is 34.9 Å². The fraction of sp³-hybridized carbons (Fsp3) is 0.111. The number of benzene rings is 3. The number of amides is 1. The molecule has 6 heteroatoms. The maximum atomic E-state index is 13.2. The van der Waals surface area contributed by atoms with Crippen molar-refractivity contribution in [1.29, 1.82) is 0 Å². The lowest BCUT2D eigenvalue weighted by molar-refractivity contribution is 0.0831. The smallest absolute Gasteiger partial charge is 0.258 e. The molecule has 1 amide bonds. The molecule has 0 radical (unpaired) electrons. The second kappa shape index (κ2) is 10.1. The summed E-state index contributed by atoms with van der Waals surface area (Å²) in [5.74, 6) is 0.923. The van der Waals surface area contributed by atoms with Crippen LogP contribution in [0.15, 0.2) is 95.3 Å². The highest BCUT2D eigenvalue weighted by Gasteiger charge is 2.25. The van der Waals surface area contributed by atoms with Gasteiger partial charge in [-0.25, -0.2) is 4.98 Å². The molecule has 1 fully saturated rings. The first-order chi connectivity index (χ1) is 16.3. The summed E-state index contributed by atoms with van der Waals surface area (Å²) in [5.41, 5.74) is 5.04. The monoisotopic (exact) mass is 469 g/mol. The largest absolute Gasteiger partial charge is 0.357 e. The van der Waals surface area contributed by atoms with E-state index in [2.05, 4.69) is 34.6 Å². The number of aromatic nitrogens is 1. The zero-order valence-corrected chi connectivity index (χ0v) is 19.6. The zero-order valence-electron chi connectivity index (χ0n) is 18.0. The van der Waals surface area contributed by atoms with E-state index in [4.69, 9.17) is 0 Å². The van der Waals surface area contributed by atoms with Crippen LogP contribution in [-0.2, 0) is 6.54 Å². The normalized spacial score (nSPS) is 14.5. The number of carbonyl (C=O) groups excluding carboxylic acids is 1. The number of hydrogen-bond donors (Lipinski definition) is 1. The number of nitrogens with zero attached hydrogens (tertiary/aromatic N) is 2. The van der Waals surface area contributed by atoms with Gasteiger partial charge < -0.3 is 10.2 Å². The molecule has 0 unspecified atom stereocenters. The minimum atomic E-state index is 0.0310. The van der Waals surface area contributed by atoms with Gasteiger partial charge in [-0.1, -0.05) is 72.8 Å². The predicted octanol–water partition coefficient (Wildman–Crippen LogP) is 6.61. The Morgan fingerprint density at radius 2 is 1.64 bits per heavy atom. The Morgan fingerprint density at radius 3 is 2.39 bits per heavy atom. The first-order valence-corrected chi connectivity index (χ1v) is 12.7. The summed E-state index contributed by atoms with van der Waals surface area (Å²) < 4.78 is 0. The van der Waals surface area contributed by atoms with E-state index in [-0.39, 0.29) is 5.91 Å². The SMILES string of the molecule is O=C(c1ccc(-c2ccccc2)cc1)N1CCS/C1=C/c1csc(NCc2ccccc2)n1. The van der Waals surface area contributed by atoms with E-state index in [0.29, 0.717) is 12.1 Å². The Balaban J connectivity index is 1.27. The summed E-state index contributed by atoms with van der Waals surface area (Å²) >= 11 is 3.28. The molecule has 1 N–H and O–H groups in total. The summed E-state index contributed by atoms with van der Waals surface area (Å²) in [6, 6.07) is 28.3. The maximum Gasteiger partial charge on any atom is 0.258 e. The minimum absolute atomic E-state index is 0.0310. The van der Waals surface area contributed by atoms with Crippen LogP contribution in [0, 0.1) is 0 Å². The van der Waals surface area contributed by atoms with Crippen LogP contribution in [0.2, 0.25) is 0 Å². The fourth-order valence-corrected chi connectivity index (χ4v) is 5.36. The summed E-state index contributed by atoms with van der Waals surface area (Å²) in [7, 11) is 0. The van der Waals surface area contributed by atoms with E-state index in [1.54, 1.807) is 23.1 Å². The van der Waals surface area contributed by atoms with Gasteiger partial charge in [0.05, 0.1) is 10.7 Å². The molecule has 3 aromatic carbocycles. The average molecular weight is 470 g/mol. The van der Waals surface area contributed by atoms with Crippen molar-refractivity contribution in [2.75, 3.05) is 17.6 Å². The molecule has 33 heavy (non-hydrogen) atoms. The van der Waals surface area contributed by atoms with Crippen molar-refractivity contribution in [3.05, 3.63) is 112 Å². The van der Waals surface area contributed by atoms with Gasteiger partial charge in [0.15, 0.2) is 5.13 Å². The van der Waals surface area contributed by atoms with Crippen LogP contribution in [0.4, 0.5) is 5.13 Å². The van der Waals surface area contributed by atoms with Gasteiger partial charge in [-0.15, -0.1) is 23.1 Å². The quantitative estimate of drug-likeness (QED) is 0.345. The van der Waals surface area contributed by atoms with Gasteiger partial charge in [0.25, 0.3) is 5.91 Å². The topological polar surface area (TPSA) is 45.2 Å². The first kappa shape index (κ1) is 21.5. The van der Waals surface area contributed by atoms with E-state index < -0.39 is 0 Å². The van der Waals surface area contributed by atoms with Gasteiger partial charge in [0.2, 0.25) is 0 Å². The molecule has 164 valence electrons. The number of thioether (sulfide) groups is 1. The lowest BCUT2D eigenvalue weighted by Crippen LogP contribution is -2.26. The van der Waals surface area contributed by atoms with Gasteiger partial charge in [-0.3, -0.25) is 4.79 Å². The van der Waals surface area contributed by atoms with Gasteiger partial charge in [0, 0.05) is 29.8 Å². The van der Waals surface area contributed by atoms with Gasteiger partial charge in [0.1, 0.15) is 0 Å². The minimum Gasteiger partial charge on any atom is -0.357 e. The van der Waals surface area contributed by atoms with Crippen LogP contribution in [0.1, 0.15) is 21.6 Å². The molecule has 0 bridgehead atoms. The van der Waals surface area contributed by atoms with Crippen LogP contribution >= 0.6 is 23.1 Å². The number of carbonyl (C=O) groups is 1. The molecular formula is C27H23N3OS2. The summed E-state index contributed by atoms with van der Waals surface area (Å²) in [6.45, 7) is 1.45. The van der Waals surface area contributed by atoms with Crippen molar-refractivity contribution in [1.82, 2.24) is 9.88 Å². The van der Waals surface area contributed by atoms with Crippen molar-refractivity contribution in [2.45, 2.75) is 6.54 Å². The molecule has 4 aromatic rings. The Morgan fingerprint density at radius 1 is 0.939 bits per heavy atom. The van der Waals surface area contributed by atoms with Gasteiger partial charge >= 0.3 is 0 Å². The molecule has 2 heterocycles. The molecule has 5 rings (SSSR count). The molecule has 0 spiro atoms. The standard InChI is InChI=1S/C27H23N3OS2/c31-26(23-13-11-22(12-14-23)21-9-5-2-6-10-21)30-15-16-32-25(30)17-24-19-33-27(29-24)28-18-20-7-3-1-4-8-20/h1-14,17,19H,15-16,18H2,(H,28,29)/b25-17+. The van der Waals surface area contributed by atoms with E-state index in [1.807, 2.05) is 77.0 Å². The summed E-state index contributed by atoms with van der Waals surface area (Å²) in [4.78, 5) is 19.7. The third-order valence-electron chi connectivity index (χ3n) is 5.39. The van der Waals surface area contributed by atoms with Crippen LogP contribution < -0.4 is 5.32 Å². The van der Waals surface area contributed by atoms with E-state index >= 15 is 0 Å². The highest BCUT2D eigenvalue weighted by Crippen LogP contribution is 2.32. The van der Waals surface area contributed by atoms with Crippen molar-refractivity contribution in [2.24, 2.45) is 0 Å². The van der Waals surface area contributed by atoms with E-state index in [9.17, 15) is 4.79 Å². The number of thiazole rings is 1. The lowest BCUT2D eigenvalue weighted by atomic mass is 10.0. The molecule has 0 atom stereocenters. The molecule has 0 aliphatic carbocycles. The Bertz CT molecular complexity index is 1250. The van der Waals surface area contributed by atoms with Crippen LogP contribution in [0.5, 0.6) is 0 Å². The Kier molecular flexibility index (Phi) is 6.56. The van der Waals surface area contributed by atoms with Crippen LogP contribution in [-0.4, -0.2) is 28.1 Å². The Hall–Kier alpha value is -3.35. The molecule has 4 nitrogen and oxygen atoms in total. The van der Waals surface area contributed by atoms with Crippen molar-refractivity contribution >= 4 is 40.2 Å². The van der Waals surface area contributed by atoms with Crippen molar-refractivity contribution < 1.29 is 4.79 Å².